The van der Waals surface area contributed by atoms with Crippen LogP contribution in [0.3, 0.4) is 0 Å². The predicted octanol–water partition coefficient (Wildman–Crippen LogP) is 4.18. The summed E-state index contributed by atoms with van der Waals surface area (Å²) in [5.74, 6) is -0.00847. The molecule has 110 valence electrons. The molecule has 1 aromatic carbocycles. The van der Waals surface area contributed by atoms with Crippen LogP contribution in [0.1, 0.15) is 18.4 Å². The lowest BCUT2D eigenvalue weighted by Crippen LogP contribution is -2.12. The van der Waals surface area contributed by atoms with E-state index in [1.54, 1.807) is 11.4 Å². The Kier molecular flexibility index (Phi) is 3.44. The standard InChI is InChI=1S/C14H11F3N2OS/c15-14(16,17)10-3-1-2-9(6-10)11-7-21-13(18-11)19-12(20)8-4-5-8/h1-3,6-8H,4-5H2,(H,18,19,20). The molecule has 0 bridgehead atoms. The van der Waals surface area contributed by atoms with E-state index in [0.29, 0.717) is 16.4 Å². The number of alkyl halides is 3. The lowest BCUT2D eigenvalue weighted by Gasteiger charge is -2.07. The van der Waals surface area contributed by atoms with Crippen LogP contribution in [0, 0.1) is 5.92 Å². The summed E-state index contributed by atoms with van der Waals surface area (Å²) in [6.45, 7) is 0. The van der Waals surface area contributed by atoms with Gasteiger partial charge in [0.2, 0.25) is 5.91 Å². The van der Waals surface area contributed by atoms with Gasteiger partial charge in [-0.1, -0.05) is 12.1 Å². The highest BCUT2D eigenvalue weighted by atomic mass is 32.1. The van der Waals surface area contributed by atoms with Gasteiger partial charge in [0.15, 0.2) is 5.13 Å². The highest BCUT2D eigenvalue weighted by molar-refractivity contribution is 7.14. The van der Waals surface area contributed by atoms with Crippen molar-refractivity contribution in [1.82, 2.24) is 4.98 Å². The highest BCUT2D eigenvalue weighted by Crippen LogP contribution is 2.34. The molecule has 1 aromatic heterocycles. The maximum atomic E-state index is 12.7. The smallest absolute Gasteiger partial charge is 0.302 e. The van der Waals surface area contributed by atoms with Crippen LogP contribution < -0.4 is 5.32 Å². The molecule has 1 amide bonds. The summed E-state index contributed by atoms with van der Waals surface area (Å²) in [5, 5.41) is 4.74. The van der Waals surface area contributed by atoms with Crippen LogP contribution in [-0.2, 0) is 11.0 Å². The molecule has 1 N–H and O–H groups in total. The minimum atomic E-state index is -4.38. The first-order chi connectivity index (χ1) is 9.93. The Labute approximate surface area is 122 Å². The van der Waals surface area contributed by atoms with E-state index < -0.39 is 11.7 Å². The van der Waals surface area contributed by atoms with Gasteiger partial charge < -0.3 is 5.32 Å². The second-order valence-corrected chi connectivity index (χ2v) is 5.74. The normalized spacial score (nSPS) is 15.0. The first kappa shape index (κ1) is 14.1. The number of amides is 1. The molecule has 3 rings (SSSR count). The Morgan fingerprint density at radius 3 is 2.76 bits per heavy atom. The summed E-state index contributed by atoms with van der Waals surface area (Å²) in [4.78, 5) is 15.8. The van der Waals surface area contributed by atoms with Gasteiger partial charge in [0.05, 0.1) is 11.3 Å². The average Bonchev–Trinajstić information content (AvgIpc) is 3.19. The van der Waals surface area contributed by atoms with Gasteiger partial charge >= 0.3 is 6.18 Å². The van der Waals surface area contributed by atoms with Gasteiger partial charge in [0.25, 0.3) is 0 Å². The van der Waals surface area contributed by atoms with Gasteiger partial charge in [0, 0.05) is 16.9 Å². The van der Waals surface area contributed by atoms with E-state index in [1.165, 1.54) is 17.4 Å². The first-order valence-corrected chi connectivity index (χ1v) is 7.25. The Morgan fingerprint density at radius 2 is 2.10 bits per heavy atom. The van der Waals surface area contributed by atoms with Crippen LogP contribution in [0.4, 0.5) is 18.3 Å². The Bertz CT molecular complexity index is 677. The molecule has 0 saturated heterocycles. The number of rotatable bonds is 3. The van der Waals surface area contributed by atoms with Crippen molar-refractivity contribution < 1.29 is 18.0 Å². The number of anilines is 1. The van der Waals surface area contributed by atoms with E-state index in [2.05, 4.69) is 10.3 Å². The number of aromatic nitrogens is 1. The van der Waals surface area contributed by atoms with E-state index in [0.717, 1.165) is 25.0 Å². The minimum absolute atomic E-state index is 0.0610. The van der Waals surface area contributed by atoms with Crippen LogP contribution in [0.5, 0.6) is 0 Å². The van der Waals surface area contributed by atoms with Gasteiger partial charge in [-0.3, -0.25) is 4.79 Å². The predicted molar refractivity (Wildman–Crippen MR) is 73.9 cm³/mol. The zero-order valence-electron chi connectivity index (χ0n) is 10.8. The highest BCUT2D eigenvalue weighted by Gasteiger charge is 2.31. The second-order valence-electron chi connectivity index (χ2n) is 4.88. The molecule has 3 nitrogen and oxygen atoms in total. The monoisotopic (exact) mass is 312 g/mol. The number of halogens is 3. The summed E-state index contributed by atoms with van der Waals surface area (Å²) in [6, 6.07) is 4.99. The van der Waals surface area contributed by atoms with Crippen molar-refractivity contribution in [3.63, 3.8) is 0 Å². The van der Waals surface area contributed by atoms with Gasteiger partial charge in [-0.05, 0) is 25.0 Å². The van der Waals surface area contributed by atoms with Crippen LogP contribution in [-0.4, -0.2) is 10.9 Å². The molecule has 0 atom stereocenters. The molecule has 2 aromatic rings. The topological polar surface area (TPSA) is 42.0 Å². The molecular weight excluding hydrogens is 301 g/mol. The molecule has 0 unspecified atom stereocenters. The molecule has 0 aliphatic heterocycles. The number of nitrogens with zero attached hydrogens (tertiary/aromatic N) is 1. The molecule has 1 saturated carbocycles. The van der Waals surface area contributed by atoms with E-state index in [1.807, 2.05) is 0 Å². The molecule has 1 heterocycles. The van der Waals surface area contributed by atoms with Gasteiger partial charge in [0.1, 0.15) is 0 Å². The molecule has 7 heteroatoms. The van der Waals surface area contributed by atoms with Gasteiger partial charge in [-0.2, -0.15) is 13.2 Å². The van der Waals surface area contributed by atoms with Gasteiger partial charge in [-0.25, -0.2) is 4.98 Å². The lowest BCUT2D eigenvalue weighted by molar-refractivity contribution is -0.137. The molecule has 1 fully saturated rings. The zero-order chi connectivity index (χ0) is 15.0. The average molecular weight is 312 g/mol. The number of carbonyl (C=O) groups excluding carboxylic acids is 1. The van der Waals surface area contributed by atoms with E-state index in [9.17, 15) is 18.0 Å². The summed E-state index contributed by atoms with van der Waals surface area (Å²) in [5.41, 5.74) is 0.0989. The summed E-state index contributed by atoms with van der Waals surface area (Å²) in [6.07, 6.45) is -2.61. The van der Waals surface area contributed by atoms with E-state index >= 15 is 0 Å². The molecule has 21 heavy (non-hydrogen) atoms. The maximum Gasteiger partial charge on any atom is 0.416 e. The van der Waals surface area contributed by atoms with E-state index in [4.69, 9.17) is 0 Å². The van der Waals surface area contributed by atoms with Crippen molar-refractivity contribution >= 4 is 22.4 Å². The van der Waals surface area contributed by atoms with Crippen molar-refractivity contribution in [1.29, 1.82) is 0 Å². The van der Waals surface area contributed by atoms with Crippen molar-refractivity contribution in [2.24, 2.45) is 5.92 Å². The van der Waals surface area contributed by atoms with Crippen LogP contribution in [0.15, 0.2) is 29.6 Å². The zero-order valence-corrected chi connectivity index (χ0v) is 11.6. The number of thiazole rings is 1. The van der Waals surface area contributed by atoms with Crippen molar-refractivity contribution in [2.45, 2.75) is 19.0 Å². The summed E-state index contributed by atoms with van der Waals surface area (Å²) < 4.78 is 38.0. The third-order valence-electron chi connectivity index (χ3n) is 3.17. The van der Waals surface area contributed by atoms with Crippen LogP contribution in [0.2, 0.25) is 0 Å². The number of carbonyl (C=O) groups is 1. The van der Waals surface area contributed by atoms with Crippen molar-refractivity contribution in [2.75, 3.05) is 5.32 Å². The van der Waals surface area contributed by atoms with Crippen molar-refractivity contribution in [3.05, 3.63) is 35.2 Å². The number of hydrogen-bond acceptors (Lipinski definition) is 3. The van der Waals surface area contributed by atoms with Gasteiger partial charge in [-0.15, -0.1) is 11.3 Å². The molecule has 1 aliphatic carbocycles. The van der Waals surface area contributed by atoms with Crippen LogP contribution >= 0.6 is 11.3 Å². The molecule has 0 spiro atoms. The number of hydrogen-bond donors (Lipinski definition) is 1. The van der Waals surface area contributed by atoms with Crippen molar-refractivity contribution in [3.8, 4) is 11.3 Å². The molecule has 0 radical (unpaired) electrons. The summed E-state index contributed by atoms with van der Waals surface area (Å²) >= 11 is 1.21. The SMILES string of the molecule is O=C(Nc1nc(-c2cccc(C(F)(F)F)c2)cs1)C1CC1. The third kappa shape index (κ3) is 3.24. The minimum Gasteiger partial charge on any atom is -0.302 e. The fourth-order valence-electron chi connectivity index (χ4n) is 1.87. The quantitative estimate of drug-likeness (QED) is 0.924. The lowest BCUT2D eigenvalue weighted by atomic mass is 10.1. The molecule has 1 aliphatic rings. The first-order valence-electron chi connectivity index (χ1n) is 6.37. The molecular formula is C14H11F3N2OS. The Balaban J connectivity index is 1.81. The number of nitrogens with one attached hydrogen (secondary N) is 1. The largest absolute Gasteiger partial charge is 0.416 e. The second kappa shape index (κ2) is 5.14. The third-order valence-corrected chi connectivity index (χ3v) is 3.93. The number of benzene rings is 1. The Morgan fingerprint density at radius 1 is 1.33 bits per heavy atom. The maximum absolute atomic E-state index is 12.7. The fourth-order valence-corrected chi connectivity index (χ4v) is 2.59. The van der Waals surface area contributed by atoms with Crippen LogP contribution in [0.25, 0.3) is 11.3 Å². The Hall–Kier alpha value is -1.89. The van der Waals surface area contributed by atoms with E-state index in [-0.39, 0.29) is 11.8 Å². The summed E-state index contributed by atoms with van der Waals surface area (Å²) in [7, 11) is 0. The fraction of sp³-hybridized carbons (Fsp3) is 0.286.